The first-order valence-corrected chi connectivity index (χ1v) is 4.82. The van der Waals surface area contributed by atoms with Gasteiger partial charge in [-0.1, -0.05) is 0 Å². The van der Waals surface area contributed by atoms with E-state index in [-0.39, 0.29) is 11.6 Å². The number of pyridine rings is 1. The van der Waals surface area contributed by atoms with Gasteiger partial charge in [0.25, 0.3) is 0 Å². The minimum atomic E-state index is -0.501. The summed E-state index contributed by atoms with van der Waals surface area (Å²) in [6.07, 6.45) is 3.04. The number of aromatic nitrogens is 1. The number of carbonyl (C=O) groups excluding carboxylic acids is 1. The van der Waals surface area contributed by atoms with Crippen molar-refractivity contribution in [1.82, 2.24) is 4.98 Å². The van der Waals surface area contributed by atoms with Crippen LogP contribution in [-0.2, 0) is 4.79 Å². The van der Waals surface area contributed by atoms with Crippen LogP contribution < -0.4 is 5.32 Å². The fourth-order valence-electron chi connectivity index (χ4n) is 1.35. The van der Waals surface area contributed by atoms with Crippen molar-refractivity contribution >= 4 is 11.8 Å². The van der Waals surface area contributed by atoms with Crippen molar-refractivity contribution in [2.75, 3.05) is 5.32 Å². The van der Waals surface area contributed by atoms with Crippen molar-refractivity contribution in [3.05, 3.63) is 24.5 Å². The molecule has 6 nitrogen and oxygen atoms in total. The van der Waals surface area contributed by atoms with Gasteiger partial charge in [-0.3, -0.25) is 15.1 Å². The molecule has 88 valence electrons. The van der Waals surface area contributed by atoms with E-state index in [0.717, 1.165) is 0 Å². The number of furan rings is 1. The van der Waals surface area contributed by atoms with Crippen molar-refractivity contribution in [3.8, 4) is 22.8 Å². The normalized spacial score (nSPS) is 10.2. The molecule has 1 amide bonds. The number of amides is 1. The van der Waals surface area contributed by atoms with Crippen LogP contribution in [0, 0.1) is 0 Å². The minimum Gasteiger partial charge on any atom is -0.502 e. The molecule has 6 heteroatoms. The van der Waals surface area contributed by atoms with E-state index in [1.165, 1.54) is 13.1 Å². The Morgan fingerprint density at radius 3 is 2.76 bits per heavy atom. The van der Waals surface area contributed by atoms with Gasteiger partial charge in [-0.05, 0) is 12.1 Å². The van der Waals surface area contributed by atoms with Crippen molar-refractivity contribution in [2.45, 2.75) is 6.92 Å². The molecule has 0 saturated carbocycles. The maximum absolute atomic E-state index is 10.8. The van der Waals surface area contributed by atoms with Gasteiger partial charge in [-0.25, -0.2) is 0 Å². The molecule has 0 unspecified atom stereocenters. The molecule has 0 saturated heterocycles. The molecular formula is C11H10N2O4. The molecule has 0 spiro atoms. The maximum atomic E-state index is 10.8. The summed E-state index contributed by atoms with van der Waals surface area (Å²) in [5.74, 6) is -1.47. The van der Waals surface area contributed by atoms with Crippen molar-refractivity contribution in [2.24, 2.45) is 0 Å². The minimum absolute atomic E-state index is 0.0550. The average molecular weight is 234 g/mol. The second-order valence-corrected chi connectivity index (χ2v) is 3.38. The van der Waals surface area contributed by atoms with E-state index in [1.54, 1.807) is 18.3 Å². The van der Waals surface area contributed by atoms with E-state index in [2.05, 4.69) is 10.3 Å². The molecule has 0 aliphatic rings. The maximum Gasteiger partial charge on any atom is 0.246 e. The first-order valence-electron chi connectivity index (χ1n) is 4.82. The topological polar surface area (TPSA) is 95.6 Å². The number of hydrogen-bond donors (Lipinski definition) is 3. The Labute approximate surface area is 96.5 Å². The van der Waals surface area contributed by atoms with Crippen LogP contribution in [0.4, 0.5) is 5.88 Å². The molecule has 0 aliphatic carbocycles. The molecule has 17 heavy (non-hydrogen) atoms. The fourth-order valence-corrected chi connectivity index (χ4v) is 1.35. The van der Waals surface area contributed by atoms with E-state index in [9.17, 15) is 15.0 Å². The fraction of sp³-hybridized carbons (Fsp3) is 0.0909. The Bertz CT molecular complexity index is 548. The molecule has 2 rings (SSSR count). The van der Waals surface area contributed by atoms with Crippen LogP contribution in [0.15, 0.2) is 28.9 Å². The lowest BCUT2D eigenvalue weighted by Crippen LogP contribution is -2.04. The van der Waals surface area contributed by atoms with Crippen molar-refractivity contribution in [3.63, 3.8) is 0 Å². The Hall–Kier alpha value is -2.50. The molecule has 0 atom stereocenters. The van der Waals surface area contributed by atoms with Crippen LogP contribution in [0.2, 0.25) is 0 Å². The predicted molar refractivity (Wildman–Crippen MR) is 59.6 cm³/mol. The molecule has 0 bridgehead atoms. The molecule has 0 aromatic carbocycles. The highest BCUT2D eigenvalue weighted by Crippen LogP contribution is 2.44. The van der Waals surface area contributed by atoms with Gasteiger partial charge in [-0.15, -0.1) is 0 Å². The Morgan fingerprint density at radius 2 is 2.18 bits per heavy atom. The van der Waals surface area contributed by atoms with E-state index in [4.69, 9.17) is 4.42 Å². The number of hydrogen-bond acceptors (Lipinski definition) is 5. The van der Waals surface area contributed by atoms with Gasteiger partial charge in [-0.2, -0.15) is 0 Å². The van der Waals surface area contributed by atoms with Gasteiger partial charge in [0.2, 0.25) is 23.3 Å². The van der Waals surface area contributed by atoms with Crippen LogP contribution >= 0.6 is 0 Å². The van der Waals surface area contributed by atoms with Crippen LogP contribution in [0.3, 0.4) is 0 Å². The van der Waals surface area contributed by atoms with E-state index < -0.39 is 17.4 Å². The summed E-state index contributed by atoms with van der Waals surface area (Å²) in [7, 11) is 0. The predicted octanol–water partition coefficient (Wildman–Crippen LogP) is 1.71. The second kappa shape index (κ2) is 4.17. The molecule has 2 aromatic rings. The van der Waals surface area contributed by atoms with E-state index >= 15 is 0 Å². The highest BCUT2D eigenvalue weighted by Gasteiger charge is 2.21. The Balaban J connectivity index is 2.46. The third kappa shape index (κ3) is 2.05. The number of carbonyl (C=O) groups is 1. The molecule has 3 N–H and O–H groups in total. The smallest absolute Gasteiger partial charge is 0.246 e. The van der Waals surface area contributed by atoms with Gasteiger partial charge >= 0.3 is 0 Å². The standard InChI is InChI=1S/C11H10N2O4/c1-6(14)13-11-9(16)8(15)10(17-11)7-3-2-4-12-5-7/h2-5,15-16H,1H3,(H,13,14). The van der Waals surface area contributed by atoms with Crippen molar-refractivity contribution in [1.29, 1.82) is 0 Å². The first-order chi connectivity index (χ1) is 8.09. The summed E-state index contributed by atoms with van der Waals surface area (Å²) in [6, 6.07) is 3.31. The summed E-state index contributed by atoms with van der Waals surface area (Å²) < 4.78 is 5.17. The van der Waals surface area contributed by atoms with E-state index in [0.29, 0.717) is 5.56 Å². The van der Waals surface area contributed by atoms with Gasteiger partial charge in [0.1, 0.15) is 0 Å². The zero-order chi connectivity index (χ0) is 12.4. The van der Waals surface area contributed by atoms with E-state index in [1.807, 2.05) is 0 Å². The zero-order valence-electron chi connectivity index (χ0n) is 8.97. The molecule has 0 fully saturated rings. The van der Waals surface area contributed by atoms with Crippen LogP contribution in [0.5, 0.6) is 11.5 Å². The largest absolute Gasteiger partial charge is 0.502 e. The Kier molecular flexibility index (Phi) is 2.70. The van der Waals surface area contributed by atoms with Gasteiger partial charge < -0.3 is 14.6 Å². The number of rotatable bonds is 2. The number of nitrogens with one attached hydrogen (secondary N) is 1. The number of anilines is 1. The lowest BCUT2D eigenvalue weighted by molar-refractivity contribution is -0.114. The molecule has 2 aromatic heterocycles. The zero-order valence-corrected chi connectivity index (χ0v) is 8.97. The average Bonchev–Trinajstić information content (AvgIpc) is 2.58. The van der Waals surface area contributed by atoms with Crippen LogP contribution in [0.25, 0.3) is 11.3 Å². The first kappa shape index (κ1) is 11.0. The summed E-state index contributed by atoms with van der Waals surface area (Å²) in [5.41, 5.74) is 0.497. The number of aromatic hydroxyl groups is 2. The summed E-state index contributed by atoms with van der Waals surface area (Å²) in [6.45, 7) is 1.27. The van der Waals surface area contributed by atoms with Crippen LogP contribution in [0.1, 0.15) is 6.92 Å². The highest BCUT2D eigenvalue weighted by atomic mass is 16.4. The summed E-state index contributed by atoms with van der Waals surface area (Å²) in [5, 5.41) is 21.5. The summed E-state index contributed by atoms with van der Waals surface area (Å²) >= 11 is 0. The van der Waals surface area contributed by atoms with Crippen molar-refractivity contribution < 1.29 is 19.4 Å². The second-order valence-electron chi connectivity index (χ2n) is 3.38. The van der Waals surface area contributed by atoms with Gasteiger partial charge in [0.15, 0.2) is 5.76 Å². The Morgan fingerprint density at radius 1 is 1.41 bits per heavy atom. The SMILES string of the molecule is CC(=O)Nc1oc(-c2cccnc2)c(O)c1O. The molecule has 0 aliphatic heterocycles. The summed E-state index contributed by atoms with van der Waals surface area (Å²) in [4.78, 5) is 14.7. The lowest BCUT2D eigenvalue weighted by Gasteiger charge is -1.96. The molecule has 2 heterocycles. The third-order valence-electron chi connectivity index (χ3n) is 2.07. The van der Waals surface area contributed by atoms with Gasteiger partial charge in [0, 0.05) is 24.9 Å². The lowest BCUT2D eigenvalue weighted by atomic mass is 10.2. The quantitative estimate of drug-likeness (QED) is 0.735. The molecular weight excluding hydrogens is 224 g/mol. The molecule has 0 radical (unpaired) electrons. The monoisotopic (exact) mass is 234 g/mol. The third-order valence-corrected chi connectivity index (χ3v) is 2.07. The highest BCUT2D eigenvalue weighted by molar-refractivity contribution is 5.90. The van der Waals surface area contributed by atoms with Gasteiger partial charge in [0.05, 0.1) is 0 Å². The number of nitrogens with zero attached hydrogens (tertiary/aromatic N) is 1. The van der Waals surface area contributed by atoms with Crippen LogP contribution in [-0.4, -0.2) is 21.1 Å².